The molecule has 0 fully saturated rings. The first-order valence-electron chi connectivity index (χ1n) is 4.84. The lowest BCUT2D eigenvalue weighted by Gasteiger charge is -2.06. The normalized spacial score (nSPS) is 12.5. The zero-order valence-electron chi connectivity index (χ0n) is 8.60. The van der Waals surface area contributed by atoms with Crippen molar-refractivity contribution in [3.8, 4) is 5.88 Å². The Morgan fingerprint density at radius 1 is 1.50 bits per heavy atom. The SMILES string of the molecule is CCCOc1cc(CC(C)O)ncn1. The molecule has 1 aromatic rings. The Morgan fingerprint density at radius 2 is 2.29 bits per heavy atom. The van der Waals surface area contributed by atoms with Crippen LogP contribution in [-0.2, 0) is 6.42 Å². The van der Waals surface area contributed by atoms with Crippen LogP contribution in [0, 0.1) is 0 Å². The third-order valence-corrected chi connectivity index (χ3v) is 1.66. The van der Waals surface area contributed by atoms with Crippen LogP contribution >= 0.6 is 0 Å². The summed E-state index contributed by atoms with van der Waals surface area (Å²) < 4.78 is 5.34. The summed E-state index contributed by atoms with van der Waals surface area (Å²) in [6.45, 7) is 4.43. The second kappa shape index (κ2) is 5.54. The first-order valence-corrected chi connectivity index (χ1v) is 4.84. The Balaban J connectivity index is 2.59. The van der Waals surface area contributed by atoms with E-state index in [1.807, 2.05) is 6.92 Å². The van der Waals surface area contributed by atoms with Crippen molar-refractivity contribution in [2.75, 3.05) is 6.61 Å². The summed E-state index contributed by atoms with van der Waals surface area (Å²) in [6, 6.07) is 1.77. The third kappa shape index (κ3) is 3.70. The van der Waals surface area contributed by atoms with Crippen LogP contribution in [0.5, 0.6) is 5.88 Å². The van der Waals surface area contributed by atoms with Gasteiger partial charge in [-0.15, -0.1) is 0 Å². The summed E-state index contributed by atoms with van der Waals surface area (Å²) in [5.74, 6) is 0.581. The van der Waals surface area contributed by atoms with Gasteiger partial charge in [-0.1, -0.05) is 6.92 Å². The van der Waals surface area contributed by atoms with Crippen molar-refractivity contribution < 1.29 is 9.84 Å². The summed E-state index contributed by atoms with van der Waals surface area (Å²) in [5.41, 5.74) is 0.807. The first kappa shape index (κ1) is 10.9. The van der Waals surface area contributed by atoms with Crippen LogP contribution in [0.2, 0.25) is 0 Å². The topological polar surface area (TPSA) is 55.2 Å². The fourth-order valence-electron chi connectivity index (χ4n) is 1.08. The second-order valence-electron chi connectivity index (χ2n) is 3.25. The van der Waals surface area contributed by atoms with E-state index in [4.69, 9.17) is 4.74 Å². The van der Waals surface area contributed by atoms with E-state index in [-0.39, 0.29) is 6.10 Å². The maximum absolute atomic E-state index is 9.17. The number of nitrogens with zero attached hydrogens (tertiary/aromatic N) is 2. The standard InChI is InChI=1S/C10H16N2O2/c1-3-4-14-10-6-9(5-8(2)13)11-7-12-10/h6-8,13H,3-5H2,1-2H3. The van der Waals surface area contributed by atoms with Crippen LogP contribution < -0.4 is 4.74 Å². The molecule has 0 aromatic carbocycles. The highest BCUT2D eigenvalue weighted by Gasteiger charge is 2.02. The van der Waals surface area contributed by atoms with Gasteiger partial charge in [0, 0.05) is 12.5 Å². The molecular weight excluding hydrogens is 180 g/mol. The minimum atomic E-state index is -0.385. The van der Waals surface area contributed by atoms with E-state index in [1.165, 1.54) is 6.33 Å². The largest absolute Gasteiger partial charge is 0.478 e. The van der Waals surface area contributed by atoms with Crippen molar-refractivity contribution >= 4 is 0 Å². The summed E-state index contributed by atoms with van der Waals surface area (Å²) in [6.07, 6.45) is 2.56. The number of rotatable bonds is 5. The van der Waals surface area contributed by atoms with Crippen molar-refractivity contribution in [3.63, 3.8) is 0 Å². The van der Waals surface area contributed by atoms with Crippen molar-refractivity contribution in [2.24, 2.45) is 0 Å². The molecule has 1 N–H and O–H groups in total. The fraction of sp³-hybridized carbons (Fsp3) is 0.600. The van der Waals surface area contributed by atoms with Crippen LogP contribution in [-0.4, -0.2) is 27.8 Å². The monoisotopic (exact) mass is 196 g/mol. The van der Waals surface area contributed by atoms with Gasteiger partial charge in [-0.05, 0) is 13.3 Å². The fourth-order valence-corrected chi connectivity index (χ4v) is 1.08. The van der Waals surface area contributed by atoms with Gasteiger partial charge in [0.1, 0.15) is 6.33 Å². The number of hydrogen-bond donors (Lipinski definition) is 1. The summed E-state index contributed by atoms with van der Waals surface area (Å²) in [4.78, 5) is 8.01. The van der Waals surface area contributed by atoms with Crippen molar-refractivity contribution in [1.29, 1.82) is 0 Å². The van der Waals surface area contributed by atoms with Crippen LogP contribution in [0.3, 0.4) is 0 Å². The highest BCUT2D eigenvalue weighted by atomic mass is 16.5. The van der Waals surface area contributed by atoms with E-state index in [0.29, 0.717) is 18.9 Å². The summed E-state index contributed by atoms with van der Waals surface area (Å²) in [5, 5.41) is 9.17. The van der Waals surface area contributed by atoms with E-state index in [2.05, 4.69) is 9.97 Å². The number of ether oxygens (including phenoxy) is 1. The molecule has 0 saturated heterocycles. The molecule has 4 nitrogen and oxygen atoms in total. The molecular formula is C10H16N2O2. The van der Waals surface area contributed by atoms with Gasteiger partial charge in [0.2, 0.25) is 5.88 Å². The Kier molecular flexibility index (Phi) is 4.32. The van der Waals surface area contributed by atoms with E-state index < -0.39 is 0 Å². The molecule has 0 aliphatic rings. The Bertz CT molecular complexity index is 277. The molecule has 1 rings (SSSR count). The number of aliphatic hydroxyl groups is 1. The van der Waals surface area contributed by atoms with Gasteiger partial charge in [-0.2, -0.15) is 0 Å². The minimum absolute atomic E-state index is 0.385. The molecule has 1 aromatic heterocycles. The molecule has 1 heterocycles. The third-order valence-electron chi connectivity index (χ3n) is 1.66. The zero-order valence-corrected chi connectivity index (χ0v) is 8.60. The molecule has 1 atom stereocenters. The lowest BCUT2D eigenvalue weighted by Crippen LogP contribution is -2.07. The molecule has 0 spiro atoms. The van der Waals surface area contributed by atoms with Crippen molar-refractivity contribution in [2.45, 2.75) is 32.8 Å². The van der Waals surface area contributed by atoms with E-state index >= 15 is 0 Å². The molecule has 14 heavy (non-hydrogen) atoms. The average Bonchev–Trinajstić information content (AvgIpc) is 2.14. The van der Waals surface area contributed by atoms with Gasteiger partial charge in [0.15, 0.2) is 0 Å². The van der Waals surface area contributed by atoms with Crippen LogP contribution in [0.4, 0.5) is 0 Å². The number of hydrogen-bond acceptors (Lipinski definition) is 4. The Morgan fingerprint density at radius 3 is 2.93 bits per heavy atom. The average molecular weight is 196 g/mol. The highest BCUT2D eigenvalue weighted by Crippen LogP contribution is 2.08. The quantitative estimate of drug-likeness (QED) is 0.768. The van der Waals surface area contributed by atoms with Crippen molar-refractivity contribution in [3.05, 3.63) is 18.1 Å². The molecule has 0 bridgehead atoms. The maximum atomic E-state index is 9.17. The van der Waals surface area contributed by atoms with Crippen LogP contribution in [0.1, 0.15) is 26.0 Å². The minimum Gasteiger partial charge on any atom is -0.478 e. The lowest BCUT2D eigenvalue weighted by molar-refractivity contribution is 0.194. The van der Waals surface area contributed by atoms with Crippen LogP contribution in [0.25, 0.3) is 0 Å². The van der Waals surface area contributed by atoms with Gasteiger partial charge in [-0.3, -0.25) is 0 Å². The predicted octanol–water partition coefficient (Wildman–Crippen LogP) is 1.19. The van der Waals surface area contributed by atoms with Gasteiger partial charge >= 0.3 is 0 Å². The summed E-state index contributed by atoms with van der Waals surface area (Å²) >= 11 is 0. The van der Waals surface area contributed by atoms with Gasteiger partial charge < -0.3 is 9.84 Å². The molecule has 1 unspecified atom stereocenters. The molecule has 0 amide bonds. The van der Waals surface area contributed by atoms with Gasteiger partial charge in [0.25, 0.3) is 0 Å². The lowest BCUT2D eigenvalue weighted by atomic mass is 10.2. The zero-order chi connectivity index (χ0) is 10.4. The van der Waals surface area contributed by atoms with Crippen molar-refractivity contribution in [1.82, 2.24) is 9.97 Å². The maximum Gasteiger partial charge on any atom is 0.216 e. The van der Waals surface area contributed by atoms with Gasteiger partial charge in [-0.25, -0.2) is 9.97 Å². The van der Waals surface area contributed by atoms with E-state index in [1.54, 1.807) is 13.0 Å². The molecule has 0 aliphatic heterocycles. The predicted molar refractivity (Wildman–Crippen MR) is 53.2 cm³/mol. The number of aliphatic hydroxyl groups excluding tert-OH is 1. The molecule has 4 heteroatoms. The highest BCUT2D eigenvalue weighted by molar-refractivity contribution is 5.13. The number of aromatic nitrogens is 2. The second-order valence-corrected chi connectivity index (χ2v) is 3.25. The Hall–Kier alpha value is -1.16. The van der Waals surface area contributed by atoms with Gasteiger partial charge in [0.05, 0.1) is 18.4 Å². The summed E-state index contributed by atoms with van der Waals surface area (Å²) in [7, 11) is 0. The molecule has 78 valence electrons. The Labute approximate surface area is 84.0 Å². The van der Waals surface area contributed by atoms with Crippen LogP contribution in [0.15, 0.2) is 12.4 Å². The first-order chi connectivity index (χ1) is 6.72. The molecule has 0 radical (unpaired) electrons. The molecule has 0 saturated carbocycles. The smallest absolute Gasteiger partial charge is 0.216 e. The van der Waals surface area contributed by atoms with E-state index in [9.17, 15) is 5.11 Å². The van der Waals surface area contributed by atoms with E-state index in [0.717, 1.165) is 12.1 Å². The molecule has 0 aliphatic carbocycles.